The van der Waals surface area contributed by atoms with Gasteiger partial charge in [0.1, 0.15) is 18.1 Å². The molecule has 40 heavy (non-hydrogen) atoms. The number of ether oxygens (including phenoxy) is 2. The predicted molar refractivity (Wildman–Crippen MR) is 157 cm³/mol. The van der Waals surface area contributed by atoms with Gasteiger partial charge in [0, 0.05) is 48.5 Å². The Morgan fingerprint density at radius 1 is 1.05 bits per heavy atom. The SMILES string of the molecule is CCCNC(=O)c1ccc2c(c1)CC(N(Cc1cc(Cl)ccc1OCCOC)C(=O)/C=C/c1ccc(O)cc1)C2. The van der Waals surface area contributed by atoms with E-state index in [1.54, 1.807) is 49.6 Å². The molecule has 3 aromatic rings. The van der Waals surface area contributed by atoms with Gasteiger partial charge < -0.3 is 24.8 Å². The van der Waals surface area contributed by atoms with Crippen molar-refractivity contribution < 1.29 is 24.2 Å². The van der Waals surface area contributed by atoms with Crippen LogP contribution in [-0.2, 0) is 28.9 Å². The third-order valence-electron chi connectivity index (χ3n) is 6.86. The predicted octanol–water partition coefficient (Wildman–Crippen LogP) is 5.42. The maximum atomic E-state index is 13.7. The number of hydrogen-bond donors (Lipinski definition) is 2. The van der Waals surface area contributed by atoms with Gasteiger partial charge in [-0.3, -0.25) is 9.59 Å². The molecule has 1 unspecified atom stereocenters. The number of carbonyl (C=O) groups is 2. The maximum absolute atomic E-state index is 13.7. The number of fused-ring (bicyclic) bond motifs is 1. The highest BCUT2D eigenvalue weighted by atomic mass is 35.5. The summed E-state index contributed by atoms with van der Waals surface area (Å²) >= 11 is 6.36. The molecule has 2 amide bonds. The van der Waals surface area contributed by atoms with Crippen molar-refractivity contribution in [3.05, 3.63) is 99.6 Å². The molecule has 210 valence electrons. The molecule has 0 saturated heterocycles. The molecule has 8 heteroatoms. The van der Waals surface area contributed by atoms with Gasteiger partial charge in [-0.1, -0.05) is 36.7 Å². The van der Waals surface area contributed by atoms with Gasteiger partial charge in [0.2, 0.25) is 5.91 Å². The Bertz CT molecular complexity index is 1360. The summed E-state index contributed by atoms with van der Waals surface area (Å²) in [6.07, 6.45) is 5.46. The monoisotopic (exact) mass is 562 g/mol. The number of phenolic OH excluding ortho intramolecular Hbond substituents is 1. The van der Waals surface area contributed by atoms with Gasteiger partial charge in [-0.05, 0) is 84.5 Å². The third kappa shape index (κ3) is 7.64. The molecule has 1 aliphatic carbocycles. The number of rotatable bonds is 12. The van der Waals surface area contributed by atoms with Gasteiger partial charge in [-0.15, -0.1) is 0 Å². The first-order chi connectivity index (χ1) is 19.4. The van der Waals surface area contributed by atoms with Crippen LogP contribution in [-0.4, -0.2) is 54.7 Å². The minimum Gasteiger partial charge on any atom is -0.508 e. The molecule has 1 aliphatic rings. The van der Waals surface area contributed by atoms with Crippen LogP contribution in [0.25, 0.3) is 6.08 Å². The highest BCUT2D eigenvalue weighted by Gasteiger charge is 2.30. The molecule has 1 atom stereocenters. The zero-order valence-electron chi connectivity index (χ0n) is 22.9. The van der Waals surface area contributed by atoms with E-state index in [9.17, 15) is 14.7 Å². The highest BCUT2D eigenvalue weighted by Crippen LogP contribution is 2.31. The molecule has 0 aromatic heterocycles. The average Bonchev–Trinajstić information content (AvgIpc) is 3.38. The van der Waals surface area contributed by atoms with E-state index in [-0.39, 0.29) is 23.6 Å². The molecule has 0 aliphatic heterocycles. The Labute approximate surface area is 240 Å². The first-order valence-corrected chi connectivity index (χ1v) is 13.8. The molecular weight excluding hydrogens is 528 g/mol. The van der Waals surface area contributed by atoms with E-state index in [1.807, 2.05) is 42.2 Å². The molecule has 0 radical (unpaired) electrons. The second kappa shape index (κ2) is 14.0. The summed E-state index contributed by atoms with van der Waals surface area (Å²) in [4.78, 5) is 28.1. The van der Waals surface area contributed by atoms with Crippen molar-refractivity contribution in [2.24, 2.45) is 0 Å². The molecule has 0 spiro atoms. The summed E-state index contributed by atoms with van der Waals surface area (Å²) in [7, 11) is 1.61. The number of carbonyl (C=O) groups excluding carboxylic acids is 2. The lowest BCUT2D eigenvalue weighted by atomic mass is 10.1. The quantitative estimate of drug-likeness (QED) is 0.227. The number of aromatic hydroxyl groups is 1. The third-order valence-corrected chi connectivity index (χ3v) is 7.09. The minimum absolute atomic E-state index is 0.0883. The zero-order chi connectivity index (χ0) is 28.5. The molecule has 0 heterocycles. The van der Waals surface area contributed by atoms with Crippen LogP contribution >= 0.6 is 11.6 Å². The van der Waals surface area contributed by atoms with Crippen molar-refractivity contribution in [3.8, 4) is 11.5 Å². The molecule has 3 aromatic carbocycles. The molecule has 7 nitrogen and oxygen atoms in total. The van der Waals surface area contributed by atoms with Crippen LogP contribution in [0.3, 0.4) is 0 Å². The van der Waals surface area contributed by atoms with E-state index >= 15 is 0 Å². The molecule has 0 bridgehead atoms. The fraction of sp³-hybridized carbons (Fsp3) is 0.312. The molecule has 2 N–H and O–H groups in total. The summed E-state index contributed by atoms with van der Waals surface area (Å²) in [6.45, 7) is 3.75. The first-order valence-electron chi connectivity index (χ1n) is 13.5. The van der Waals surface area contributed by atoms with Crippen LogP contribution in [0.2, 0.25) is 5.02 Å². The second-order valence-electron chi connectivity index (χ2n) is 9.79. The number of methoxy groups -OCH3 is 1. The van der Waals surface area contributed by atoms with Gasteiger partial charge in [0.15, 0.2) is 0 Å². The summed E-state index contributed by atoms with van der Waals surface area (Å²) in [5, 5.41) is 13.1. The standard InChI is InChI=1S/C32H35ClN2O5/c1-3-14-34-32(38)24-8-7-23-19-28(20-25(23)17-24)35(31(37)13-6-22-4-10-29(36)11-5-22)21-26-18-27(33)9-12-30(26)40-16-15-39-2/h4-13,17-18,28,36H,3,14-16,19-21H2,1-2H3,(H,34,38)/b13-6+. The molecule has 0 saturated carbocycles. The second-order valence-corrected chi connectivity index (χ2v) is 10.2. The lowest BCUT2D eigenvalue weighted by molar-refractivity contribution is -0.128. The number of benzene rings is 3. The van der Waals surface area contributed by atoms with Crippen LogP contribution in [0.4, 0.5) is 0 Å². The summed E-state index contributed by atoms with van der Waals surface area (Å²) in [5.41, 5.74) is 4.42. The molecule has 0 fully saturated rings. The first kappa shape index (κ1) is 29.2. The Morgan fingerprint density at radius 3 is 2.58 bits per heavy atom. The Balaban J connectivity index is 1.60. The van der Waals surface area contributed by atoms with Gasteiger partial charge >= 0.3 is 0 Å². The summed E-state index contributed by atoms with van der Waals surface area (Å²) in [6, 6.07) is 17.7. The maximum Gasteiger partial charge on any atom is 0.251 e. The molecule has 4 rings (SSSR count). The van der Waals surface area contributed by atoms with Gasteiger partial charge in [0.25, 0.3) is 5.91 Å². The smallest absolute Gasteiger partial charge is 0.251 e. The largest absolute Gasteiger partial charge is 0.508 e. The Kier molecular flexibility index (Phi) is 10.2. The average molecular weight is 563 g/mol. The van der Waals surface area contributed by atoms with E-state index in [1.165, 1.54) is 0 Å². The van der Waals surface area contributed by atoms with Crippen LogP contribution in [0.5, 0.6) is 11.5 Å². The number of halogens is 1. The van der Waals surface area contributed by atoms with Crippen molar-refractivity contribution in [2.75, 3.05) is 26.9 Å². The van der Waals surface area contributed by atoms with Crippen LogP contribution < -0.4 is 10.1 Å². The number of phenols is 1. The van der Waals surface area contributed by atoms with Gasteiger partial charge in [0.05, 0.1) is 6.61 Å². The van der Waals surface area contributed by atoms with E-state index in [0.717, 1.165) is 28.7 Å². The van der Waals surface area contributed by atoms with Crippen LogP contribution in [0.15, 0.2) is 66.7 Å². The lowest BCUT2D eigenvalue weighted by Crippen LogP contribution is -2.39. The fourth-order valence-corrected chi connectivity index (χ4v) is 4.96. The number of nitrogens with zero attached hydrogens (tertiary/aromatic N) is 1. The van der Waals surface area contributed by atoms with Crippen LogP contribution in [0.1, 0.15) is 46.0 Å². The fourth-order valence-electron chi connectivity index (χ4n) is 4.76. The normalized spacial score (nSPS) is 14.2. The minimum atomic E-state index is -0.158. The zero-order valence-corrected chi connectivity index (χ0v) is 23.6. The van der Waals surface area contributed by atoms with E-state index in [0.29, 0.717) is 55.5 Å². The summed E-state index contributed by atoms with van der Waals surface area (Å²) < 4.78 is 11.1. The summed E-state index contributed by atoms with van der Waals surface area (Å²) in [5.74, 6) is 0.565. The van der Waals surface area contributed by atoms with Crippen molar-refractivity contribution in [1.82, 2.24) is 10.2 Å². The topological polar surface area (TPSA) is 88.1 Å². The van der Waals surface area contributed by atoms with Gasteiger partial charge in [-0.25, -0.2) is 0 Å². The number of amides is 2. The van der Waals surface area contributed by atoms with Crippen molar-refractivity contribution in [2.45, 2.75) is 38.8 Å². The van der Waals surface area contributed by atoms with Gasteiger partial charge in [-0.2, -0.15) is 0 Å². The molecular formula is C32H35ClN2O5. The van der Waals surface area contributed by atoms with E-state index in [4.69, 9.17) is 21.1 Å². The van der Waals surface area contributed by atoms with Crippen LogP contribution in [0, 0.1) is 0 Å². The van der Waals surface area contributed by atoms with Crippen molar-refractivity contribution in [1.29, 1.82) is 0 Å². The number of nitrogens with one attached hydrogen (secondary N) is 1. The van der Waals surface area contributed by atoms with Crippen molar-refractivity contribution >= 4 is 29.5 Å². The Hall–Kier alpha value is -3.81. The van der Waals surface area contributed by atoms with E-state index in [2.05, 4.69) is 5.32 Å². The van der Waals surface area contributed by atoms with Crippen molar-refractivity contribution in [3.63, 3.8) is 0 Å². The highest BCUT2D eigenvalue weighted by molar-refractivity contribution is 6.30. The number of hydrogen-bond acceptors (Lipinski definition) is 5. The Morgan fingerprint density at radius 2 is 1.82 bits per heavy atom. The van der Waals surface area contributed by atoms with E-state index < -0.39 is 0 Å². The lowest BCUT2D eigenvalue weighted by Gasteiger charge is -2.29.